The highest BCUT2D eigenvalue weighted by molar-refractivity contribution is 7.71. The normalized spacial score (nSPS) is 31.9. The van der Waals surface area contributed by atoms with Crippen LogP contribution >= 0.6 is 12.2 Å². The Kier molecular flexibility index (Phi) is 3.59. The van der Waals surface area contributed by atoms with Crippen molar-refractivity contribution in [3.63, 3.8) is 0 Å². The SMILES string of the molecule is Nc1nc(=S)c2ncn([C@@H]3O[C@H](CO)C(O)[C@]3(F)CF)c2[nH]1. The van der Waals surface area contributed by atoms with Crippen molar-refractivity contribution in [1.82, 2.24) is 19.5 Å². The zero-order valence-corrected chi connectivity index (χ0v) is 11.9. The molecule has 1 saturated heterocycles. The zero-order valence-electron chi connectivity index (χ0n) is 11.1. The Hall–Kier alpha value is -1.69. The standard InChI is InChI=1S/C11H13F2N5O3S/c12-2-11(13)6(20)4(1-19)21-9(11)18-3-15-5-7(18)16-10(14)17-8(5)22/h3-4,6,9,19-20H,1-2H2,(H3,14,16,17,22)/t4-,6?,9-,11-/m1/s1. The lowest BCUT2D eigenvalue weighted by atomic mass is 9.97. The van der Waals surface area contributed by atoms with E-state index in [1.54, 1.807) is 0 Å². The van der Waals surface area contributed by atoms with Crippen LogP contribution in [0, 0.1) is 4.64 Å². The van der Waals surface area contributed by atoms with Gasteiger partial charge in [0.1, 0.15) is 30.0 Å². The van der Waals surface area contributed by atoms with Crippen LogP contribution in [0.1, 0.15) is 6.23 Å². The molecule has 2 aromatic heterocycles. The van der Waals surface area contributed by atoms with Crippen LogP contribution in [-0.4, -0.2) is 60.9 Å². The van der Waals surface area contributed by atoms with E-state index >= 15 is 0 Å². The fourth-order valence-corrected chi connectivity index (χ4v) is 2.77. The molecular formula is C11H13F2N5O3S. The first-order valence-electron chi connectivity index (χ1n) is 6.34. The van der Waals surface area contributed by atoms with Gasteiger partial charge in [0, 0.05) is 0 Å². The molecule has 1 unspecified atom stereocenters. The molecule has 1 aliphatic rings. The van der Waals surface area contributed by atoms with Crippen molar-refractivity contribution in [1.29, 1.82) is 0 Å². The predicted octanol–water partition coefficient (Wildman–Crippen LogP) is -0.000510. The van der Waals surface area contributed by atoms with Crippen LogP contribution in [0.15, 0.2) is 6.33 Å². The van der Waals surface area contributed by atoms with E-state index in [1.165, 1.54) is 6.33 Å². The number of halogens is 2. The second-order valence-electron chi connectivity index (χ2n) is 4.99. The minimum absolute atomic E-state index is 0.0267. The van der Waals surface area contributed by atoms with Gasteiger partial charge in [0.05, 0.1) is 12.9 Å². The number of alkyl halides is 2. The van der Waals surface area contributed by atoms with Crippen LogP contribution in [0.5, 0.6) is 0 Å². The molecule has 8 nitrogen and oxygen atoms in total. The van der Waals surface area contributed by atoms with Crippen LogP contribution in [0.4, 0.5) is 14.7 Å². The molecule has 0 saturated carbocycles. The second kappa shape index (κ2) is 5.19. The first kappa shape index (κ1) is 15.2. The molecule has 0 spiro atoms. The van der Waals surface area contributed by atoms with Crippen LogP contribution in [0.2, 0.25) is 0 Å². The number of H-pyrrole nitrogens is 1. The number of nitrogen functional groups attached to an aromatic ring is 1. The number of aliphatic hydroxyl groups excluding tert-OH is 2. The zero-order chi connectivity index (χ0) is 16.1. The molecule has 120 valence electrons. The average Bonchev–Trinajstić information content (AvgIpc) is 3.00. The maximum atomic E-state index is 14.8. The summed E-state index contributed by atoms with van der Waals surface area (Å²) in [5.74, 6) is -0.0267. The van der Waals surface area contributed by atoms with E-state index in [-0.39, 0.29) is 21.8 Å². The number of imidazole rings is 1. The van der Waals surface area contributed by atoms with Gasteiger partial charge in [0.15, 0.2) is 16.8 Å². The number of nitrogens with zero attached hydrogens (tertiary/aromatic N) is 3. The highest BCUT2D eigenvalue weighted by atomic mass is 32.1. The van der Waals surface area contributed by atoms with Crippen molar-refractivity contribution in [2.75, 3.05) is 19.0 Å². The molecule has 11 heteroatoms. The number of aromatic nitrogens is 4. The van der Waals surface area contributed by atoms with E-state index in [0.717, 1.165) is 4.57 Å². The molecule has 0 bridgehead atoms. The second-order valence-corrected chi connectivity index (χ2v) is 5.38. The average molecular weight is 333 g/mol. The number of ether oxygens (including phenoxy) is 1. The number of nitrogens with one attached hydrogen (secondary N) is 1. The number of hydrogen-bond acceptors (Lipinski definition) is 7. The van der Waals surface area contributed by atoms with Gasteiger partial charge in [-0.25, -0.2) is 18.7 Å². The van der Waals surface area contributed by atoms with E-state index in [9.17, 15) is 13.9 Å². The lowest BCUT2D eigenvalue weighted by Crippen LogP contribution is -2.45. The van der Waals surface area contributed by atoms with Crippen LogP contribution in [-0.2, 0) is 4.74 Å². The minimum atomic E-state index is -2.74. The molecule has 5 N–H and O–H groups in total. The maximum Gasteiger partial charge on any atom is 0.212 e. The smallest absolute Gasteiger partial charge is 0.212 e. The number of aliphatic hydroxyl groups is 2. The number of fused-ring (bicyclic) bond motifs is 1. The number of rotatable bonds is 3. The van der Waals surface area contributed by atoms with Crippen molar-refractivity contribution in [3.05, 3.63) is 11.0 Å². The molecule has 0 aliphatic carbocycles. The minimum Gasteiger partial charge on any atom is -0.394 e. The summed E-state index contributed by atoms with van der Waals surface area (Å²) in [4.78, 5) is 10.4. The number of anilines is 1. The summed E-state index contributed by atoms with van der Waals surface area (Å²) < 4.78 is 34.6. The highest BCUT2D eigenvalue weighted by Crippen LogP contribution is 2.42. The molecule has 0 amide bonds. The van der Waals surface area contributed by atoms with Gasteiger partial charge in [-0.1, -0.05) is 12.2 Å². The summed E-state index contributed by atoms with van der Waals surface area (Å²) in [5.41, 5.74) is 3.23. The summed E-state index contributed by atoms with van der Waals surface area (Å²) in [6.07, 6.45) is -3.45. The number of nitrogens with two attached hydrogens (primary N) is 1. The molecule has 2 aromatic rings. The Morgan fingerprint density at radius 2 is 2.32 bits per heavy atom. The third kappa shape index (κ3) is 2.00. The lowest BCUT2D eigenvalue weighted by molar-refractivity contribution is -0.0689. The summed E-state index contributed by atoms with van der Waals surface area (Å²) in [6.45, 7) is -2.16. The molecule has 1 aliphatic heterocycles. The first-order valence-corrected chi connectivity index (χ1v) is 6.74. The Morgan fingerprint density at radius 3 is 2.95 bits per heavy atom. The third-order valence-corrected chi connectivity index (χ3v) is 3.94. The molecule has 0 aromatic carbocycles. The summed E-state index contributed by atoms with van der Waals surface area (Å²) in [7, 11) is 0. The van der Waals surface area contributed by atoms with Gasteiger partial charge in [-0.2, -0.15) is 0 Å². The van der Waals surface area contributed by atoms with E-state index in [2.05, 4.69) is 15.0 Å². The van der Waals surface area contributed by atoms with E-state index < -0.39 is 37.4 Å². The highest BCUT2D eigenvalue weighted by Gasteiger charge is 2.58. The largest absolute Gasteiger partial charge is 0.394 e. The Bertz CT molecular complexity index is 768. The summed E-state index contributed by atoms with van der Waals surface area (Å²) in [6, 6.07) is 0. The topological polar surface area (TPSA) is 122 Å². The Morgan fingerprint density at radius 1 is 1.59 bits per heavy atom. The van der Waals surface area contributed by atoms with Gasteiger partial charge >= 0.3 is 0 Å². The van der Waals surface area contributed by atoms with Gasteiger partial charge in [-0.05, 0) is 0 Å². The van der Waals surface area contributed by atoms with Crippen LogP contribution in [0.25, 0.3) is 11.2 Å². The molecule has 0 radical (unpaired) electrons. The van der Waals surface area contributed by atoms with Crippen LogP contribution in [0.3, 0.4) is 0 Å². The van der Waals surface area contributed by atoms with Gasteiger partial charge < -0.3 is 25.7 Å². The van der Waals surface area contributed by atoms with Gasteiger partial charge in [-0.3, -0.25) is 4.57 Å². The molecular weight excluding hydrogens is 320 g/mol. The molecule has 4 atom stereocenters. The number of hydrogen-bond donors (Lipinski definition) is 4. The lowest BCUT2D eigenvalue weighted by Gasteiger charge is -2.26. The van der Waals surface area contributed by atoms with Crippen molar-refractivity contribution in [2.24, 2.45) is 0 Å². The van der Waals surface area contributed by atoms with Crippen molar-refractivity contribution < 1.29 is 23.7 Å². The maximum absolute atomic E-state index is 14.8. The Labute approximate surface area is 127 Å². The quantitative estimate of drug-likeness (QED) is 0.583. The molecule has 22 heavy (non-hydrogen) atoms. The van der Waals surface area contributed by atoms with Gasteiger partial charge in [0.25, 0.3) is 0 Å². The summed E-state index contributed by atoms with van der Waals surface area (Å²) in [5, 5.41) is 19.0. The van der Waals surface area contributed by atoms with Crippen molar-refractivity contribution in [2.45, 2.75) is 24.1 Å². The fraction of sp³-hybridized carbons (Fsp3) is 0.545. The predicted molar refractivity (Wildman–Crippen MR) is 73.9 cm³/mol. The van der Waals surface area contributed by atoms with Crippen LogP contribution < -0.4 is 5.73 Å². The van der Waals surface area contributed by atoms with E-state index in [4.69, 9.17) is 27.8 Å². The van der Waals surface area contributed by atoms with E-state index in [1.807, 2.05) is 0 Å². The first-order chi connectivity index (χ1) is 10.4. The number of aromatic amines is 1. The van der Waals surface area contributed by atoms with Crippen molar-refractivity contribution >= 4 is 29.3 Å². The third-order valence-electron chi connectivity index (χ3n) is 3.66. The monoisotopic (exact) mass is 333 g/mol. The van der Waals surface area contributed by atoms with E-state index in [0.29, 0.717) is 0 Å². The van der Waals surface area contributed by atoms with Gasteiger partial charge in [0.2, 0.25) is 5.67 Å². The summed E-state index contributed by atoms with van der Waals surface area (Å²) >= 11 is 5.00. The molecule has 3 rings (SSSR count). The van der Waals surface area contributed by atoms with Gasteiger partial charge in [-0.15, -0.1) is 0 Å². The fourth-order valence-electron chi connectivity index (χ4n) is 2.52. The molecule has 3 heterocycles. The molecule has 1 fully saturated rings. The Balaban J connectivity index is 2.16. The van der Waals surface area contributed by atoms with Crippen molar-refractivity contribution in [3.8, 4) is 0 Å².